The Labute approximate surface area is 122 Å². The van der Waals surface area contributed by atoms with Crippen LogP contribution in [0.15, 0.2) is 53.4 Å². The molecular weight excluding hydrogens is 290 g/mol. The van der Waals surface area contributed by atoms with Crippen LogP contribution in [0.1, 0.15) is 11.6 Å². The molecule has 1 aliphatic rings. The number of nitrogens with one attached hydrogen (secondary N) is 2. The maximum Gasteiger partial charge on any atom is 0.243 e. The highest BCUT2D eigenvalue weighted by Gasteiger charge is 2.29. The molecule has 2 aromatic carbocycles. The molecule has 1 aliphatic heterocycles. The van der Waals surface area contributed by atoms with Gasteiger partial charge in [-0.3, -0.25) is 5.84 Å². The van der Waals surface area contributed by atoms with Crippen molar-refractivity contribution in [2.24, 2.45) is 5.84 Å². The van der Waals surface area contributed by atoms with Gasteiger partial charge >= 0.3 is 0 Å². The number of fused-ring (bicyclic) bond motifs is 1. The third kappa shape index (κ3) is 2.58. The summed E-state index contributed by atoms with van der Waals surface area (Å²) < 4.78 is 33.2. The molecule has 0 saturated heterocycles. The Hall–Kier alpha value is -2.09. The van der Waals surface area contributed by atoms with Gasteiger partial charge in [-0.15, -0.1) is 0 Å². The maximum atomic E-state index is 12.5. The quantitative estimate of drug-likeness (QED) is 0.586. The fourth-order valence-corrected chi connectivity index (χ4v) is 3.70. The Bertz CT molecular complexity index is 762. The summed E-state index contributed by atoms with van der Waals surface area (Å²) in [6.07, 6.45) is 0. The predicted molar refractivity (Wildman–Crippen MR) is 79.3 cm³/mol. The zero-order chi connectivity index (χ0) is 14.9. The second-order valence-corrected chi connectivity index (χ2v) is 6.35. The van der Waals surface area contributed by atoms with Crippen LogP contribution in [0.4, 0.5) is 5.69 Å². The van der Waals surface area contributed by atoms with E-state index >= 15 is 0 Å². The molecule has 0 radical (unpaired) electrons. The average molecular weight is 305 g/mol. The van der Waals surface area contributed by atoms with E-state index in [-0.39, 0.29) is 11.5 Å². The van der Waals surface area contributed by atoms with Crippen molar-refractivity contribution in [3.05, 3.63) is 54.1 Å². The first-order chi connectivity index (χ1) is 10.1. The number of rotatable bonds is 4. The van der Waals surface area contributed by atoms with E-state index in [1.54, 1.807) is 18.2 Å². The molecule has 1 unspecified atom stereocenters. The standard InChI is InChI=1S/C14H15N3O3S/c15-16-11-6-2-4-8-14(11)21(18,19)17-12-9-20-13-7-3-1-5-10(12)13/h1-8,12,16-17H,9,15H2. The summed E-state index contributed by atoms with van der Waals surface area (Å²) in [6, 6.07) is 13.4. The van der Waals surface area contributed by atoms with Crippen molar-refractivity contribution in [1.82, 2.24) is 4.72 Å². The van der Waals surface area contributed by atoms with Gasteiger partial charge in [-0.1, -0.05) is 30.3 Å². The molecule has 2 aromatic rings. The van der Waals surface area contributed by atoms with Crippen LogP contribution in [-0.2, 0) is 10.0 Å². The van der Waals surface area contributed by atoms with E-state index in [0.717, 1.165) is 5.56 Å². The second kappa shape index (κ2) is 5.36. The number of hydrogen-bond donors (Lipinski definition) is 3. The SMILES string of the molecule is NNc1ccccc1S(=O)(=O)NC1COc2ccccc21. The molecule has 1 atom stereocenters. The summed E-state index contributed by atoms with van der Waals surface area (Å²) >= 11 is 0. The first-order valence-corrected chi connectivity index (χ1v) is 7.90. The minimum absolute atomic E-state index is 0.108. The molecule has 21 heavy (non-hydrogen) atoms. The van der Waals surface area contributed by atoms with Crippen molar-refractivity contribution in [2.45, 2.75) is 10.9 Å². The summed E-state index contributed by atoms with van der Waals surface area (Å²) in [5, 5.41) is 0. The lowest BCUT2D eigenvalue weighted by Crippen LogP contribution is -2.30. The van der Waals surface area contributed by atoms with Gasteiger partial charge in [0.1, 0.15) is 17.3 Å². The molecular formula is C14H15N3O3S. The minimum atomic E-state index is -3.70. The molecule has 0 saturated carbocycles. The van der Waals surface area contributed by atoms with Crippen LogP contribution >= 0.6 is 0 Å². The molecule has 7 heteroatoms. The molecule has 0 aromatic heterocycles. The van der Waals surface area contributed by atoms with Crippen LogP contribution in [0.25, 0.3) is 0 Å². The number of hydrogen-bond acceptors (Lipinski definition) is 5. The van der Waals surface area contributed by atoms with E-state index in [1.165, 1.54) is 6.07 Å². The van der Waals surface area contributed by atoms with Crippen LogP contribution in [0.2, 0.25) is 0 Å². The zero-order valence-corrected chi connectivity index (χ0v) is 11.9. The van der Waals surface area contributed by atoms with Gasteiger partial charge in [-0.2, -0.15) is 4.72 Å². The van der Waals surface area contributed by atoms with Crippen LogP contribution in [-0.4, -0.2) is 15.0 Å². The van der Waals surface area contributed by atoms with Crippen molar-refractivity contribution in [2.75, 3.05) is 12.0 Å². The van der Waals surface area contributed by atoms with Gasteiger partial charge in [0, 0.05) is 5.56 Å². The molecule has 4 N–H and O–H groups in total. The number of hydrazine groups is 1. The Morgan fingerprint density at radius 1 is 1.10 bits per heavy atom. The number of sulfonamides is 1. The average Bonchev–Trinajstić information content (AvgIpc) is 2.90. The van der Waals surface area contributed by atoms with E-state index in [0.29, 0.717) is 11.4 Å². The van der Waals surface area contributed by atoms with E-state index < -0.39 is 16.1 Å². The van der Waals surface area contributed by atoms with Gasteiger partial charge in [0.15, 0.2) is 0 Å². The van der Waals surface area contributed by atoms with Crippen LogP contribution in [0, 0.1) is 0 Å². The highest BCUT2D eigenvalue weighted by Crippen LogP contribution is 2.33. The van der Waals surface area contributed by atoms with E-state index in [9.17, 15) is 8.42 Å². The third-order valence-corrected chi connectivity index (χ3v) is 4.86. The van der Waals surface area contributed by atoms with Crippen molar-refractivity contribution >= 4 is 15.7 Å². The highest BCUT2D eigenvalue weighted by atomic mass is 32.2. The smallest absolute Gasteiger partial charge is 0.243 e. The lowest BCUT2D eigenvalue weighted by molar-refractivity contribution is 0.325. The Morgan fingerprint density at radius 3 is 2.62 bits per heavy atom. The Morgan fingerprint density at radius 2 is 1.81 bits per heavy atom. The summed E-state index contributed by atoms with van der Waals surface area (Å²) in [7, 11) is -3.70. The fraction of sp³-hybridized carbons (Fsp3) is 0.143. The third-order valence-electron chi connectivity index (χ3n) is 3.33. The lowest BCUT2D eigenvalue weighted by atomic mass is 10.1. The van der Waals surface area contributed by atoms with Gasteiger partial charge in [0.05, 0.1) is 11.7 Å². The number of para-hydroxylation sites is 2. The van der Waals surface area contributed by atoms with Crippen molar-refractivity contribution in [3.63, 3.8) is 0 Å². The lowest BCUT2D eigenvalue weighted by Gasteiger charge is -2.14. The highest BCUT2D eigenvalue weighted by molar-refractivity contribution is 7.89. The number of anilines is 1. The molecule has 0 amide bonds. The first kappa shape index (κ1) is 13.9. The summed E-state index contributed by atoms with van der Waals surface area (Å²) in [5.41, 5.74) is 3.57. The van der Waals surface area contributed by atoms with Crippen molar-refractivity contribution in [3.8, 4) is 5.75 Å². The predicted octanol–water partition coefficient (Wildman–Crippen LogP) is 1.38. The normalized spacial score (nSPS) is 17.1. The maximum absolute atomic E-state index is 12.5. The molecule has 1 heterocycles. The van der Waals surface area contributed by atoms with Gasteiger partial charge in [-0.25, -0.2) is 8.42 Å². The number of nitrogen functional groups attached to an aromatic ring is 1. The summed E-state index contributed by atoms with van der Waals surface area (Å²) in [4.78, 5) is 0.108. The number of nitrogens with two attached hydrogens (primary N) is 1. The van der Waals surface area contributed by atoms with Crippen LogP contribution in [0.5, 0.6) is 5.75 Å². The molecule has 3 rings (SSSR count). The summed E-state index contributed by atoms with van der Waals surface area (Å²) in [5.74, 6) is 6.07. The number of ether oxygens (including phenoxy) is 1. The van der Waals surface area contributed by atoms with Gasteiger partial charge < -0.3 is 10.2 Å². The molecule has 0 fully saturated rings. The van der Waals surface area contributed by atoms with E-state index in [4.69, 9.17) is 10.6 Å². The molecule has 0 aliphatic carbocycles. The van der Waals surface area contributed by atoms with Gasteiger partial charge in [0.25, 0.3) is 0 Å². The summed E-state index contributed by atoms with van der Waals surface area (Å²) in [6.45, 7) is 0.275. The monoisotopic (exact) mass is 305 g/mol. The second-order valence-electron chi connectivity index (χ2n) is 4.66. The van der Waals surface area contributed by atoms with Crippen LogP contribution in [0.3, 0.4) is 0 Å². The minimum Gasteiger partial charge on any atom is -0.491 e. The van der Waals surface area contributed by atoms with E-state index in [2.05, 4.69) is 10.1 Å². The topological polar surface area (TPSA) is 93.5 Å². The van der Waals surface area contributed by atoms with E-state index in [1.807, 2.05) is 24.3 Å². The van der Waals surface area contributed by atoms with Gasteiger partial charge in [0.2, 0.25) is 10.0 Å². The molecule has 0 spiro atoms. The van der Waals surface area contributed by atoms with Crippen molar-refractivity contribution in [1.29, 1.82) is 0 Å². The molecule has 0 bridgehead atoms. The zero-order valence-electron chi connectivity index (χ0n) is 11.1. The molecule has 6 nitrogen and oxygen atoms in total. The Kier molecular flexibility index (Phi) is 3.54. The molecule has 110 valence electrons. The Balaban J connectivity index is 1.91. The van der Waals surface area contributed by atoms with Crippen LogP contribution < -0.4 is 20.7 Å². The van der Waals surface area contributed by atoms with Gasteiger partial charge in [-0.05, 0) is 18.2 Å². The number of benzene rings is 2. The largest absolute Gasteiger partial charge is 0.491 e. The fourth-order valence-electron chi connectivity index (χ4n) is 2.33. The van der Waals surface area contributed by atoms with Crippen molar-refractivity contribution < 1.29 is 13.2 Å². The first-order valence-electron chi connectivity index (χ1n) is 6.41.